The zero-order chi connectivity index (χ0) is 16.8. The topological polar surface area (TPSA) is 80.5 Å². The van der Waals surface area contributed by atoms with Crippen LogP contribution in [0.15, 0.2) is 48.7 Å². The molecule has 0 atom stereocenters. The van der Waals surface area contributed by atoms with Crippen LogP contribution in [0, 0.1) is 0 Å². The van der Waals surface area contributed by atoms with Crippen LogP contribution in [0.3, 0.4) is 0 Å². The second kappa shape index (κ2) is 7.56. The average Bonchev–Trinajstić information content (AvgIpc) is 3.02. The summed E-state index contributed by atoms with van der Waals surface area (Å²) in [6, 6.07) is 12.9. The fourth-order valence-electron chi connectivity index (χ4n) is 2.32. The van der Waals surface area contributed by atoms with Gasteiger partial charge in [0, 0.05) is 24.1 Å². The van der Waals surface area contributed by atoms with E-state index in [1.807, 2.05) is 60.0 Å². The molecular weight excluding hydrogens is 306 g/mol. The molecule has 3 rings (SSSR count). The van der Waals surface area contributed by atoms with E-state index in [1.54, 1.807) is 0 Å². The first-order chi connectivity index (χ1) is 11.8. The molecule has 0 saturated heterocycles. The van der Waals surface area contributed by atoms with Crippen LogP contribution < -0.4 is 10.6 Å². The molecule has 7 nitrogen and oxygen atoms in total. The van der Waals surface area contributed by atoms with Crippen LogP contribution >= 0.6 is 0 Å². The number of carbonyl (C=O) groups excluding carboxylic acids is 1. The molecule has 0 spiro atoms. The van der Waals surface area contributed by atoms with Crippen molar-refractivity contribution in [1.82, 2.24) is 19.9 Å². The summed E-state index contributed by atoms with van der Waals surface area (Å²) in [7, 11) is 0. The van der Waals surface area contributed by atoms with Crippen LogP contribution in [0.1, 0.15) is 18.3 Å². The van der Waals surface area contributed by atoms with Gasteiger partial charge < -0.3 is 15.4 Å². The quantitative estimate of drug-likeness (QED) is 0.730. The van der Waals surface area contributed by atoms with Crippen molar-refractivity contribution >= 4 is 17.4 Å². The average molecular weight is 325 g/mol. The number of carbonyl (C=O) groups is 1. The van der Waals surface area contributed by atoms with E-state index in [2.05, 4.69) is 20.8 Å². The highest BCUT2D eigenvalue weighted by molar-refractivity contribution is 5.89. The van der Waals surface area contributed by atoms with Gasteiger partial charge in [-0.1, -0.05) is 24.3 Å². The molecule has 2 aromatic heterocycles. The third kappa shape index (κ3) is 3.69. The van der Waals surface area contributed by atoms with Crippen molar-refractivity contribution < 1.29 is 9.53 Å². The second-order valence-electron chi connectivity index (χ2n) is 5.15. The monoisotopic (exact) mass is 325 g/mol. The van der Waals surface area contributed by atoms with Gasteiger partial charge >= 0.3 is 6.03 Å². The van der Waals surface area contributed by atoms with E-state index in [9.17, 15) is 4.79 Å². The van der Waals surface area contributed by atoms with Gasteiger partial charge in [-0.3, -0.25) is 4.40 Å². The van der Waals surface area contributed by atoms with Gasteiger partial charge in [0.1, 0.15) is 0 Å². The van der Waals surface area contributed by atoms with Gasteiger partial charge in [-0.2, -0.15) is 0 Å². The highest BCUT2D eigenvalue weighted by Gasteiger charge is 2.09. The molecule has 124 valence electrons. The van der Waals surface area contributed by atoms with Crippen molar-refractivity contribution in [2.24, 2.45) is 0 Å². The number of amides is 2. The van der Waals surface area contributed by atoms with Gasteiger partial charge in [0.15, 0.2) is 11.5 Å². The molecule has 2 heterocycles. The van der Waals surface area contributed by atoms with Gasteiger partial charge in [0.25, 0.3) is 0 Å². The highest BCUT2D eigenvalue weighted by atomic mass is 16.5. The van der Waals surface area contributed by atoms with Crippen LogP contribution in [0.5, 0.6) is 0 Å². The van der Waals surface area contributed by atoms with Crippen molar-refractivity contribution in [2.45, 2.75) is 20.1 Å². The molecule has 0 fully saturated rings. The lowest BCUT2D eigenvalue weighted by molar-refractivity contribution is 0.134. The molecule has 0 aliphatic carbocycles. The van der Waals surface area contributed by atoms with E-state index in [1.165, 1.54) is 0 Å². The lowest BCUT2D eigenvalue weighted by atomic mass is 10.2. The van der Waals surface area contributed by atoms with Gasteiger partial charge in [-0.25, -0.2) is 4.79 Å². The van der Waals surface area contributed by atoms with Gasteiger partial charge in [-0.15, -0.1) is 10.2 Å². The predicted octanol–water partition coefficient (Wildman–Crippen LogP) is 2.59. The maximum absolute atomic E-state index is 12.1. The Labute approximate surface area is 139 Å². The Kier molecular flexibility index (Phi) is 5.02. The first-order valence-electron chi connectivity index (χ1n) is 7.77. The Morgan fingerprint density at radius 3 is 2.88 bits per heavy atom. The maximum atomic E-state index is 12.1. The molecule has 7 heteroatoms. The summed E-state index contributed by atoms with van der Waals surface area (Å²) in [6.45, 7) is 3.30. The van der Waals surface area contributed by atoms with Crippen LogP contribution in [0.2, 0.25) is 0 Å². The SMILES string of the molecule is CCOCc1ccccc1NC(=O)NCc1nnc2ccccn12. The Morgan fingerprint density at radius 2 is 2.00 bits per heavy atom. The second-order valence-corrected chi connectivity index (χ2v) is 5.15. The Bertz CT molecular complexity index is 830. The third-order valence-electron chi connectivity index (χ3n) is 3.52. The van der Waals surface area contributed by atoms with Crippen molar-refractivity contribution in [1.29, 1.82) is 0 Å². The highest BCUT2D eigenvalue weighted by Crippen LogP contribution is 2.16. The summed E-state index contributed by atoms with van der Waals surface area (Å²) >= 11 is 0. The molecule has 0 radical (unpaired) electrons. The molecule has 24 heavy (non-hydrogen) atoms. The zero-order valence-electron chi connectivity index (χ0n) is 13.4. The number of benzene rings is 1. The van der Waals surface area contributed by atoms with E-state index >= 15 is 0 Å². The summed E-state index contributed by atoms with van der Waals surface area (Å²) in [4.78, 5) is 12.1. The standard InChI is InChI=1S/C17H19N5O2/c1-2-24-12-13-7-3-4-8-14(13)19-17(23)18-11-16-21-20-15-9-5-6-10-22(15)16/h3-10H,2,11-12H2,1H3,(H2,18,19,23). The van der Waals surface area contributed by atoms with E-state index in [0.717, 1.165) is 16.9 Å². The van der Waals surface area contributed by atoms with Crippen molar-refractivity contribution in [3.63, 3.8) is 0 Å². The minimum Gasteiger partial charge on any atom is -0.377 e. The van der Waals surface area contributed by atoms with E-state index in [-0.39, 0.29) is 12.6 Å². The lowest BCUT2D eigenvalue weighted by Gasteiger charge is -2.11. The number of nitrogens with zero attached hydrogens (tertiary/aromatic N) is 3. The molecule has 0 bridgehead atoms. The normalized spacial score (nSPS) is 10.7. The summed E-state index contributed by atoms with van der Waals surface area (Å²) in [5.74, 6) is 0.670. The Balaban J connectivity index is 1.62. The summed E-state index contributed by atoms with van der Waals surface area (Å²) in [5, 5.41) is 13.8. The number of rotatable bonds is 6. The minimum atomic E-state index is -0.299. The van der Waals surface area contributed by atoms with Crippen molar-refractivity contribution in [2.75, 3.05) is 11.9 Å². The van der Waals surface area contributed by atoms with Crippen molar-refractivity contribution in [3.05, 3.63) is 60.0 Å². The number of ether oxygens (including phenoxy) is 1. The zero-order valence-corrected chi connectivity index (χ0v) is 13.4. The number of anilines is 1. The number of hydrogen-bond acceptors (Lipinski definition) is 4. The first kappa shape index (κ1) is 15.9. The smallest absolute Gasteiger partial charge is 0.319 e. The lowest BCUT2D eigenvalue weighted by Crippen LogP contribution is -2.29. The van der Waals surface area contributed by atoms with Gasteiger partial charge in [-0.05, 0) is 25.1 Å². The largest absolute Gasteiger partial charge is 0.377 e. The molecule has 2 amide bonds. The maximum Gasteiger partial charge on any atom is 0.319 e. The predicted molar refractivity (Wildman–Crippen MR) is 90.6 cm³/mol. The fraction of sp³-hybridized carbons (Fsp3) is 0.235. The van der Waals surface area contributed by atoms with E-state index in [0.29, 0.717) is 19.0 Å². The summed E-state index contributed by atoms with van der Waals surface area (Å²) in [6.07, 6.45) is 1.86. The molecule has 0 aliphatic rings. The first-order valence-corrected chi connectivity index (χ1v) is 7.77. The molecule has 3 aromatic rings. The Morgan fingerprint density at radius 1 is 1.17 bits per heavy atom. The number of para-hydroxylation sites is 1. The van der Waals surface area contributed by atoms with Crippen LogP contribution in [-0.4, -0.2) is 27.2 Å². The van der Waals surface area contributed by atoms with E-state index in [4.69, 9.17) is 4.74 Å². The Hall–Kier alpha value is -2.93. The number of urea groups is 1. The molecule has 0 unspecified atom stereocenters. The number of aromatic nitrogens is 3. The molecular formula is C17H19N5O2. The summed E-state index contributed by atoms with van der Waals surface area (Å²) < 4.78 is 7.25. The van der Waals surface area contributed by atoms with Gasteiger partial charge in [0.05, 0.1) is 13.2 Å². The minimum absolute atomic E-state index is 0.282. The van der Waals surface area contributed by atoms with Crippen LogP contribution in [0.25, 0.3) is 5.65 Å². The molecule has 0 aliphatic heterocycles. The number of pyridine rings is 1. The number of nitrogens with one attached hydrogen (secondary N) is 2. The molecule has 0 saturated carbocycles. The van der Waals surface area contributed by atoms with Crippen molar-refractivity contribution in [3.8, 4) is 0 Å². The number of hydrogen-bond donors (Lipinski definition) is 2. The van der Waals surface area contributed by atoms with Crippen LogP contribution in [-0.2, 0) is 17.9 Å². The molecule has 1 aromatic carbocycles. The fourth-order valence-corrected chi connectivity index (χ4v) is 2.32. The van der Waals surface area contributed by atoms with E-state index < -0.39 is 0 Å². The van der Waals surface area contributed by atoms with Crippen LogP contribution in [0.4, 0.5) is 10.5 Å². The summed E-state index contributed by atoms with van der Waals surface area (Å²) in [5.41, 5.74) is 2.41. The third-order valence-corrected chi connectivity index (χ3v) is 3.52. The molecule has 2 N–H and O–H groups in total. The van der Waals surface area contributed by atoms with Gasteiger partial charge in [0.2, 0.25) is 0 Å². The number of fused-ring (bicyclic) bond motifs is 1.